The highest BCUT2D eigenvalue weighted by Crippen LogP contribution is 2.44. The van der Waals surface area contributed by atoms with Crippen molar-refractivity contribution >= 4 is 23.9 Å². The summed E-state index contributed by atoms with van der Waals surface area (Å²) in [4.78, 5) is 44.7. The molecular weight excluding hydrogens is 809 g/mol. The first-order valence-electron chi connectivity index (χ1n) is 23.3. The molecule has 6 N–H and O–H groups in total. The van der Waals surface area contributed by atoms with Crippen molar-refractivity contribution < 1.29 is 49.8 Å². The van der Waals surface area contributed by atoms with Gasteiger partial charge in [0.2, 0.25) is 0 Å². The Hall–Kier alpha value is -5.64. The van der Waals surface area contributed by atoms with Crippen molar-refractivity contribution in [3.05, 3.63) is 128 Å². The number of hydrogen-bond acceptors (Lipinski definition) is 6. The van der Waals surface area contributed by atoms with Crippen LogP contribution in [0.1, 0.15) is 158 Å². The van der Waals surface area contributed by atoms with E-state index >= 15 is 0 Å². The van der Waals surface area contributed by atoms with Crippen LogP contribution in [0.15, 0.2) is 72.8 Å². The van der Waals surface area contributed by atoms with Crippen LogP contribution in [0.25, 0.3) is 0 Å². The van der Waals surface area contributed by atoms with Gasteiger partial charge in [0.15, 0.2) is 0 Å². The largest absolute Gasteiger partial charge is 0.508 e. The lowest BCUT2D eigenvalue weighted by Crippen LogP contribution is -2.19. The summed E-state index contributed by atoms with van der Waals surface area (Å²) in [7, 11) is 0. The molecule has 64 heavy (non-hydrogen) atoms. The van der Waals surface area contributed by atoms with Gasteiger partial charge in [0, 0.05) is 0 Å². The Morgan fingerprint density at radius 1 is 0.422 bits per heavy atom. The monoisotopic (exact) mass is 876 g/mol. The molecule has 4 aliphatic carbocycles. The number of aromatic hydroxyl groups is 2. The Labute approximate surface area is 378 Å². The maximum atomic E-state index is 11.2. The van der Waals surface area contributed by atoms with E-state index in [0.29, 0.717) is 25.7 Å². The van der Waals surface area contributed by atoms with E-state index in [2.05, 4.69) is 50.2 Å². The zero-order chi connectivity index (χ0) is 46.8. The lowest BCUT2D eigenvalue weighted by atomic mass is 9.85. The zero-order valence-electron chi connectivity index (χ0n) is 38.3. The van der Waals surface area contributed by atoms with Crippen molar-refractivity contribution in [3.8, 4) is 11.5 Å². The number of carboxylic acid groups (broad SMARTS) is 4. The molecule has 8 rings (SSSR count). The molecule has 344 valence electrons. The highest BCUT2D eigenvalue weighted by atomic mass is 16.4. The molecule has 0 heterocycles. The third-order valence-corrected chi connectivity index (χ3v) is 14.3. The number of phenolic OH excluding ortho intramolecular Hbond substituents is 2. The first-order chi connectivity index (χ1) is 30.5. The third-order valence-electron chi connectivity index (χ3n) is 14.3. The average Bonchev–Trinajstić information content (AvgIpc) is 4.05. The molecule has 0 aromatic heterocycles. The summed E-state index contributed by atoms with van der Waals surface area (Å²) in [5, 5.41) is 55.5. The van der Waals surface area contributed by atoms with Crippen molar-refractivity contribution in [1.29, 1.82) is 0 Å². The quantitative estimate of drug-likeness (QED) is 0.0799. The molecule has 0 bridgehead atoms. The van der Waals surface area contributed by atoms with Gasteiger partial charge < -0.3 is 30.6 Å². The molecule has 10 heteroatoms. The molecule has 0 spiro atoms. The van der Waals surface area contributed by atoms with Crippen LogP contribution in [0.4, 0.5) is 0 Å². The molecule has 4 aliphatic rings. The van der Waals surface area contributed by atoms with Gasteiger partial charge in [-0.15, -0.1) is 0 Å². The molecule has 10 nitrogen and oxygen atoms in total. The summed E-state index contributed by atoms with van der Waals surface area (Å²) in [5.41, 5.74) is 12.2. The van der Waals surface area contributed by atoms with E-state index in [1.165, 1.54) is 33.4 Å². The van der Waals surface area contributed by atoms with Crippen LogP contribution in [-0.2, 0) is 44.9 Å². The molecule has 0 fully saturated rings. The summed E-state index contributed by atoms with van der Waals surface area (Å²) in [5.74, 6) is -2.58. The summed E-state index contributed by atoms with van der Waals surface area (Å²) >= 11 is 0. The van der Waals surface area contributed by atoms with Crippen molar-refractivity contribution in [2.45, 2.75) is 142 Å². The Morgan fingerprint density at radius 2 is 0.656 bits per heavy atom. The minimum atomic E-state index is -0.714. The smallest absolute Gasteiger partial charge is 0.307 e. The predicted molar refractivity (Wildman–Crippen MR) is 248 cm³/mol. The van der Waals surface area contributed by atoms with E-state index in [1.807, 2.05) is 39.8 Å². The normalized spacial score (nSPS) is 20.5. The highest BCUT2D eigenvalue weighted by Gasteiger charge is 2.36. The van der Waals surface area contributed by atoms with Crippen molar-refractivity contribution in [1.82, 2.24) is 0 Å². The van der Waals surface area contributed by atoms with Gasteiger partial charge >= 0.3 is 23.9 Å². The zero-order valence-corrected chi connectivity index (χ0v) is 38.3. The fourth-order valence-electron chi connectivity index (χ4n) is 11.0. The van der Waals surface area contributed by atoms with Gasteiger partial charge in [-0.1, -0.05) is 87.4 Å². The lowest BCUT2D eigenvalue weighted by molar-refractivity contribution is -0.143. The van der Waals surface area contributed by atoms with Gasteiger partial charge in [-0.2, -0.15) is 0 Å². The van der Waals surface area contributed by atoms with Crippen molar-refractivity contribution in [2.75, 3.05) is 0 Å². The van der Waals surface area contributed by atoms with Gasteiger partial charge in [0.25, 0.3) is 0 Å². The maximum Gasteiger partial charge on any atom is 0.307 e. The predicted octanol–water partition coefficient (Wildman–Crippen LogP) is 11.3. The number of aliphatic carboxylic acids is 4. The second kappa shape index (κ2) is 22.3. The molecule has 4 aromatic carbocycles. The minimum absolute atomic E-state index is 0.109. The molecule has 0 saturated heterocycles. The first-order valence-corrected chi connectivity index (χ1v) is 23.3. The first kappa shape index (κ1) is 49.4. The van der Waals surface area contributed by atoms with E-state index in [4.69, 9.17) is 10.2 Å². The van der Waals surface area contributed by atoms with E-state index < -0.39 is 23.9 Å². The number of carbonyl (C=O) groups is 4. The standard InChI is InChI=1S/2C14H18O2.2C13H16O3/c2*1-3-11(14(15)16)13-7-5-10-8-9(2)4-6-12(10)13;2*1-2-10(13(15)16)12-5-3-8-7-9(14)4-6-11(8)12/h2*4,6,8,11,13H,3,5,7H2,1-2H3,(H,15,16);2*4,6-7,10,12,14H,2-3,5H2,1H3,(H,15,16)/t2*11-,13-;2*10-,12-/m1010/s1. The molecule has 0 radical (unpaired) electrons. The minimum Gasteiger partial charge on any atom is -0.508 e. The van der Waals surface area contributed by atoms with Gasteiger partial charge in [-0.25, -0.2) is 0 Å². The van der Waals surface area contributed by atoms with Crippen LogP contribution in [0.3, 0.4) is 0 Å². The number of aryl methyl sites for hydroxylation is 6. The Kier molecular flexibility index (Phi) is 17.2. The van der Waals surface area contributed by atoms with Crippen molar-refractivity contribution in [3.63, 3.8) is 0 Å². The van der Waals surface area contributed by atoms with Crippen LogP contribution in [0.2, 0.25) is 0 Å². The van der Waals surface area contributed by atoms with Crippen molar-refractivity contribution in [2.24, 2.45) is 23.7 Å². The molecule has 0 unspecified atom stereocenters. The maximum absolute atomic E-state index is 11.2. The van der Waals surface area contributed by atoms with E-state index in [1.54, 1.807) is 24.3 Å². The molecule has 0 saturated carbocycles. The van der Waals surface area contributed by atoms with Crippen LogP contribution in [0.5, 0.6) is 11.5 Å². The lowest BCUT2D eigenvalue weighted by Gasteiger charge is -2.19. The topological polar surface area (TPSA) is 190 Å². The summed E-state index contributed by atoms with van der Waals surface area (Å²) < 4.78 is 0. The van der Waals surface area contributed by atoms with Gasteiger partial charge in [0.05, 0.1) is 23.7 Å². The average molecular weight is 877 g/mol. The van der Waals surface area contributed by atoms with Crippen LogP contribution in [0, 0.1) is 37.5 Å². The fraction of sp³-hybridized carbons (Fsp3) is 0.481. The van der Waals surface area contributed by atoms with E-state index in [9.17, 15) is 39.6 Å². The number of benzene rings is 4. The highest BCUT2D eigenvalue weighted by molar-refractivity contribution is 5.73. The fourth-order valence-corrected chi connectivity index (χ4v) is 11.0. The number of fused-ring (bicyclic) bond motifs is 4. The summed E-state index contributed by atoms with van der Waals surface area (Å²) in [6.45, 7) is 11.9. The summed E-state index contributed by atoms with van der Waals surface area (Å²) in [6, 6.07) is 23.3. The number of rotatable bonds is 12. The van der Waals surface area contributed by atoms with Gasteiger partial charge in [-0.3, -0.25) is 19.2 Å². The molecule has 0 aliphatic heterocycles. The Bertz CT molecular complexity index is 1960. The third kappa shape index (κ3) is 11.5. The molecule has 0 amide bonds. The second-order valence-corrected chi connectivity index (χ2v) is 18.2. The summed E-state index contributed by atoms with van der Waals surface area (Å²) in [6.07, 6.45) is 10.3. The Balaban J connectivity index is 0.000000161. The van der Waals surface area contributed by atoms with Crippen LogP contribution < -0.4 is 0 Å². The molecule has 4 aromatic rings. The number of phenols is 2. The van der Waals surface area contributed by atoms with E-state index in [0.717, 1.165) is 73.6 Å². The number of carboxylic acids is 4. The SMILES string of the molecule is CC[C@@H](C(=O)O)[C@H]1CCc2cc(C)ccc21.CC[C@@H](C(=O)O)[C@H]1CCc2cc(O)ccc21.CC[C@H](C(=O)O)[C@@H]1CCc2cc(C)ccc21.CC[C@H](C(=O)O)[C@@H]1CCc2cc(O)ccc21. The van der Waals surface area contributed by atoms with Crippen LogP contribution in [-0.4, -0.2) is 54.5 Å². The molecular formula is C54H68O10. The van der Waals surface area contributed by atoms with E-state index in [-0.39, 0.29) is 58.8 Å². The molecule has 8 atom stereocenters. The van der Waals surface area contributed by atoms with Gasteiger partial charge in [0.1, 0.15) is 11.5 Å². The Morgan fingerprint density at radius 3 is 0.891 bits per heavy atom. The second-order valence-electron chi connectivity index (χ2n) is 18.2. The van der Waals surface area contributed by atoms with Gasteiger partial charge in [-0.05, 0) is 183 Å². The van der Waals surface area contributed by atoms with Crippen LogP contribution >= 0.6 is 0 Å². The number of hydrogen-bond donors (Lipinski definition) is 6.